The van der Waals surface area contributed by atoms with Crippen LogP contribution < -0.4 is 5.73 Å². The van der Waals surface area contributed by atoms with Crippen molar-refractivity contribution >= 4 is 27.2 Å². The number of sulfonamides is 1. The molecule has 0 aliphatic carbocycles. The van der Waals surface area contributed by atoms with Gasteiger partial charge in [-0.25, -0.2) is 17.1 Å². The van der Waals surface area contributed by atoms with Crippen LogP contribution in [-0.4, -0.2) is 31.3 Å². The maximum absolute atomic E-state index is 13.0. The maximum atomic E-state index is 13.0. The molecule has 4 nitrogen and oxygen atoms in total. The van der Waals surface area contributed by atoms with Crippen LogP contribution >= 0.6 is 12.2 Å². The molecule has 0 saturated carbocycles. The van der Waals surface area contributed by atoms with Gasteiger partial charge in [-0.1, -0.05) is 18.3 Å². The summed E-state index contributed by atoms with van der Waals surface area (Å²) in [5.41, 5.74) is 5.30. The molecule has 0 saturated heterocycles. The summed E-state index contributed by atoms with van der Waals surface area (Å²) in [5, 5.41) is 0. The van der Waals surface area contributed by atoms with Gasteiger partial charge in [0.05, 0.1) is 9.88 Å². The molecule has 0 radical (unpaired) electrons. The largest absolute Gasteiger partial charge is 0.393 e. The van der Waals surface area contributed by atoms with Gasteiger partial charge in [0.25, 0.3) is 0 Å². The Morgan fingerprint density at radius 1 is 1.53 bits per heavy atom. The van der Waals surface area contributed by atoms with E-state index in [0.29, 0.717) is 6.42 Å². The Kier molecular flexibility index (Phi) is 4.55. The average Bonchev–Trinajstić information content (AvgIpc) is 2.25. The van der Waals surface area contributed by atoms with Gasteiger partial charge < -0.3 is 5.73 Å². The third kappa shape index (κ3) is 3.72. The van der Waals surface area contributed by atoms with E-state index in [4.69, 9.17) is 5.73 Å². The van der Waals surface area contributed by atoms with Gasteiger partial charge in [-0.05, 0) is 18.2 Å². The topological polar surface area (TPSA) is 63.4 Å². The minimum Gasteiger partial charge on any atom is -0.393 e. The van der Waals surface area contributed by atoms with Gasteiger partial charge in [0.15, 0.2) is 0 Å². The highest BCUT2D eigenvalue weighted by Gasteiger charge is 2.20. The lowest BCUT2D eigenvalue weighted by Crippen LogP contribution is -2.30. The van der Waals surface area contributed by atoms with Crippen LogP contribution in [0.3, 0.4) is 0 Å². The van der Waals surface area contributed by atoms with Crippen molar-refractivity contribution < 1.29 is 12.8 Å². The van der Waals surface area contributed by atoms with Crippen molar-refractivity contribution in [3.05, 3.63) is 30.1 Å². The van der Waals surface area contributed by atoms with Crippen LogP contribution in [0.25, 0.3) is 0 Å². The second-order valence-corrected chi connectivity index (χ2v) is 6.07. The van der Waals surface area contributed by atoms with Crippen molar-refractivity contribution in [3.63, 3.8) is 0 Å². The van der Waals surface area contributed by atoms with Crippen molar-refractivity contribution in [1.29, 1.82) is 0 Å². The Morgan fingerprint density at radius 3 is 2.71 bits per heavy atom. The molecule has 1 aromatic rings. The summed E-state index contributed by atoms with van der Waals surface area (Å²) < 4.78 is 38.0. The van der Waals surface area contributed by atoms with Crippen LogP contribution in [0.4, 0.5) is 4.39 Å². The van der Waals surface area contributed by atoms with Crippen LogP contribution in [0.2, 0.25) is 0 Å². The van der Waals surface area contributed by atoms with Crippen molar-refractivity contribution in [2.45, 2.75) is 11.3 Å². The molecule has 2 N–H and O–H groups in total. The molecule has 0 fully saturated rings. The van der Waals surface area contributed by atoms with Crippen LogP contribution in [0, 0.1) is 5.82 Å². The minimum atomic E-state index is -3.68. The molecule has 0 aliphatic rings. The Labute approximate surface area is 105 Å². The second-order valence-electron chi connectivity index (χ2n) is 3.50. The standard InChI is InChI=1S/C10H13FN2O2S2/c1-13(6-5-10(12)16)17(14,15)9-4-2-3-8(11)7-9/h2-4,7H,5-6H2,1H3,(H2,12,16). The van der Waals surface area contributed by atoms with E-state index >= 15 is 0 Å². The monoisotopic (exact) mass is 276 g/mol. The maximum Gasteiger partial charge on any atom is 0.242 e. The van der Waals surface area contributed by atoms with Crippen molar-refractivity contribution in [2.24, 2.45) is 5.73 Å². The first-order valence-electron chi connectivity index (χ1n) is 4.84. The molecular formula is C10H13FN2O2S2. The zero-order valence-corrected chi connectivity index (χ0v) is 10.9. The smallest absolute Gasteiger partial charge is 0.242 e. The minimum absolute atomic E-state index is 0.0806. The predicted octanol–water partition coefficient (Wildman–Crippen LogP) is 1.12. The Bertz CT molecular complexity index is 517. The number of halogens is 1. The fourth-order valence-electron chi connectivity index (χ4n) is 1.20. The van der Waals surface area contributed by atoms with Gasteiger partial charge >= 0.3 is 0 Å². The summed E-state index contributed by atoms with van der Waals surface area (Å²) >= 11 is 4.67. The molecular weight excluding hydrogens is 263 g/mol. The average molecular weight is 276 g/mol. The van der Waals surface area contributed by atoms with E-state index in [1.807, 2.05) is 0 Å². The van der Waals surface area contributed by atoms with Gasteiger partial charge in [0.1, 0.15) is 5.82 Å². The molecule has 17 heavy (non-hydrogen) atoms. The fraction of sp³-hybridized carbons (Fsp3) is 0.300. The highest BCUT2D eigenvalue weighted by molar-refractivity contribution is 7.89. The molecule has 0 aliphatic heterocycles. The molecule has 7 heteroatoms. The summed E-state index contributed by atoms with van der Waals surface area (Å²) in [4.78, 5) is 0.161. The summed E-state index contributed by atoms with van der Waals surface area (Å²) in [6.45, 7) is 0.175. The lowest BCUT2D eigenvalue weighted by molar-refractivity contribution is 0.478. The quantitative estimate of drug-likeness (QED) is 0.819. The van der Waals surface area contributed by atoms with Gasteiger partial charge in [-0.15, -0.1) is 0 Å². The van der Waals surface area contributed by atoms with Gasteiger partial charge in [0, 0.05) is 20.0 Å². The zero-order chi connectivity index (χ0) is 13.1. The molecule has 1 rings (SSSR count). The SMILES string of the molecule is CN(CCC(N)=S)S(=O)(=O)c1cccc(F)c1. The van der Waals surface area contributed by atoms with E-state index in [1.54, 1.807) is 0 Å². The Balaban J connectivity index is 2.91. The lowest BCUT2D eigenvalue weighted by atomic mass is 10.4. The Hall–Kier alpha value is -1.05. The summed E-state index contributed by atoms with van der Waals surface area (Å²) in [6.07, 6.45) is 0.292. The van der Waals surface area contributed by atoms with E-state index in [2.05, 4.69) is 12.2 Å². The number of benzene rings is 1. The zero-order valence-electron chi connectivity index (χ0n) is 9.26. The first-order valence-corrected chi connectivity index (χ1v) is 6.69. The van der Waals surface area contributed by atoms with E-state index in [-0.39, 0.29) is 16.4 Å². The summed E-state index contributed by atoms with van der Waals surface area (Å²) in [7, 11) is -2.28. The van der Waals surface area contributed by atoms with Crippen LogP contribution in [0.5, 0.6) is 0 Å². The van der Waals surface area contributed by atoms with Crippen LogP contribution in [-0.2, 0) is 10.0 Å². The fourth-order valence-corrected chi connectivity index (χ4v) is 2.49. The number of rotatable bonds is 5. The first kappa shape index (κ1) is 14.0. The normalized spacial score (nSPS) is 11.7. The van der Waals surface area contributed by atoms with Crippen molar-refractivity contribution in [1.82, 2.24) is 4.31 Å². The lowest BCUT2D eigenvalue weighted by Gasteiger charge is -2.16. The molecule has 0 spiro atoms. The number of hydrogen-bond donors (Lipinski definition) is 1. The molecule has 0 heterocycles. The van der Waals surface area contributed by atoms with E-state index < -0.39 is 15.8 Å². The van der Waals surface area contributed by atoms with Crippen LogP contribution in [0.1, 0.15) is 6.42 Å². The third-order valence-electron chi connectivity index (χ3n) is 2.18. The summed E-state index contributed by atoms with van der Waals surface area (Å²) in [6, 6.07) is 4.86. The molecule has 0 amide bonds. The first-order chi connectivity index (χ1) is 7.84. The van der Waals surface area contributed by atoms with Gasteiger partial charge in [-0.2, -0.15) is 0 Å². The molecule has 0 bridgehead atoms. The third-order valence-corrected chi connectivity index (χ3v) is 4.23. The van der Waals surface area contributed by atoms with E-state index in [1.165, 1.54) is 25.2 Å². The van der Waals surface area contributed by atoms with E-state index in [0.717, 1.165) is 10.4 Å². The van der Waals surface area contributed by atoms with Gasteiger partial charge in [0.2, 0.25) is 10.0 Å². The molecule has 1 aromatic carbocycles. The molecule has 0 unspecified atom stereocenters. The van der Waals surface area contributed by atoms with Gasteiger partial charge in [-0.3, -0.25) is 0 Å². The number of nitrogens with two attached hydrogens (primary N) is 1. The highest BCUT2D eigenvalue weighted by atomic mass is 32.2. The number of thiocarbonyl (C=S) groups is 1. The predicted molar refractivity (Wildman–Crippen MR) is 67.6 cm³/mol. The molecule has 94 valence electrons. The molecule has 0 aromatic heterocycles. The molecule has 0 atom stereocenters. The van der Waals surface area contributed by atoms with Crippen molar-refractivity contribution in [2.75, 3.05) is 13.6 Å². The highest BCUT2D eigenvalue weighted by Crippen LogP contribution is 2.15. The summed E-state index contributed by atoms with van der Waals surface area (Å²) in [5.74, 6) is -0.589. The van der Waals surface area contributed by atoms with Crippen LogP contribution in [0.15, 0.2) is 29.2 Å². The second kappa shape index (κ2) is 5.52. The number of hydrogen-bond acceptors (Lipinski definition) is 3. The number of nitrogens with zero attached hydrogens (tertiary/aromatic N) is 1. The van der Waals surface area contributed by atoms with E-state index in [9.17, 15) is 12.8 Å². The Morgan fingerprint density at radius 2 is 2.18 bits per heavy atom. The van der Waals surface area contributed by atoms with Crippen molar-refractivity contribution in [3.8, 4) is 0 Å².